The number of hydrogen-bond donors (Lipinski definition) is 3. The van der Waals surface area contributed by atoms with Gasteiger partial charge in [-0.2, -0.15) is 0 Å². The maximum atomic E-state index is 14.2. The lowest BCUT2D eigenvalue weighted by atomic mass is 9.96. The van der Waals surface area contributed by atoms with Gasteiger partial charge in [0.05, 0.1) is 0 Å². The highest BCUT2D eigenvalue weighted by molar-refractivity contribution is 5.92. The molecule has 0 saturated heterocycles. The number of nitrogens with two attached hydrogens (primary N) is 1. The van der Waals surface area contributed by atoms with Crippen molar-refractivity contribution in [2.45, 2.75) is 111 Å². The molecule has 4 N–H and O–H groups in total. The van der Waals surface area contributed by atoms with Gasteiger partial charge in [-0.25, -0.2) is 4.79 Å². The molecule has 38 heavy (non-hydrogen) atoms. The fourth-order valence-electron chi connectivity index (χ4n) is 4.04. The molecule has 0 aromatic heterocycles. The van der Waals surface area contributed by atoms with Gasteiger partial charge >= 0.3 is 6.09 Å². The average molecular weight is 533 g/mol. The first kappa shape index (κ1) is 32.9. The molecule has 214 valence electrons. The van der Waals surface area contributed by atoms with Crippen LogP contribution in [0.25, 0.3) is 0 Å². The van der Waals surface area contributed by atoms with E-state index in [9.17, 15) is 19.2 Å². The highest BCUT2D eigenvalue weighted by Crippen LogP contribution is 2.28. The molecule has 0 saturated carbocycles. The van der Waals surface area contributed by atoms with E-state index in [1.165, 1.54) is 0 Å². The number of primary amides is 1. The second-order valence-electron chi connectivity index (χ2n) is 11.2. The van der Waals surface area contributed by atoms with Crippen LogP contribution in [0.5, 0.6) is 0 Å². The molecule has 0 aliphatic carbocycles. The monoisotopic (exact) mass is 532 g/mol. The SMILES string of the molecule is CCCCNC(=O)C(c1ccccc1)N(C(=O)C(CCC(N)=O)NC(=O)OC(C)(C)C)C(C)CCC(C)C. The first-order valence-electron chi connectivity index (χ1n) is 13.7. The van der Waals surface area contributed by atoms with Gasteiger partial charge < -0.3 is 26.0 Å². The molecule has 1 aromatic carbocycles. The minimum Gasteiger partial charge on any atom is -0.444 e. The summed E-state index contributed by atoms with van der Waals surface area (Å²) in [5.74, 6) is -0.952. The number of amides is 4. The number of carbonyl (C=O) groups excluding carboxylic acids is 4. The summed E-state index contributed by atoms with van der Waals surface area (Å²) in [4.78, 5) is 53.7. The number of alkyl carbamates (subject to hydrolysis) is 1. The predicted octanol–water partition coefficient (Wildman–Crippen LogP) is 4.46. The van der Waals surface area contributed by atoms with E-state index < -0.39 is 35.6 Å². The van der Waals surface area contributed by atoms with Gasteiger partial charge in [-0.15, -0.1) is 0 Å². The van der Waals surface area contributed by atoms with Gasteiger partial charge in [0.15, 0.2) is 0 Å². The zero-order valence-electron chi connectivity index (χ0n) is 24.2. The summed E-state index contributed by atoms with van der Waals surface area (Å²) in [6.45, 7) is 13.8. The molecule has 3 atom stereocenters. The Morgan fingerprint density at radius 1 is 1.00 bits per heavy atom. The second-order valence-corrected chi connectivity index (χ2v) is 11.2. The van der Waals surface area contributed by atoms with Gasteiger partial charge in [0, 0.05) is 19.0 Å². The fraction of sp³-hybridized carbons (Fsp3) is 0.655. The van der Waals surface area contributed by atoms with E-state index in [-0.39, 0.29) is 24.8 Å². The van der Waals surface area contributed by atoms with Gasteiger partial charge in [0.1, 0.15) is 17.7 Å². The standard InChI is InChI=1S/C29H48N4O5/c1-8-9-19-31-26(35)25(22-13-11-10-12-14-22)33(21(4)16-15-20(2)3)27(36)23(17-18-24(30)34)32-28(37)38-29(5,6)7/h10-14,20-21,23,25H,8-9,15-19H2,1-7H3,(H2,30,34)(H,31,35)(H,32,37). The molecule has 0 aliphatic rings. The molecule has 1 rings (SSSR count). The molecule has 4 amide bonds. The number of rotatable bonds is 15. The Morgan fingerprint density at radius 3 is 2.16 bits per heavy atom. The van der Waals surface area contributed by atoms with E-state index in [4.69, 9.17) is 10.5 Å². The van der Waals surface area contributed by atoms with Crippen LogP contribution in [0.1, 0.15) is 98.6 Å². The summed E-state index contributed by atoms with van der Waals surface area (Å²) in [5.41, 5.74) is 5.27. The summed E-state index contributed by atoms with van der Waals surface area (Å²) in [6.07, 6.45) is 2.32. The van der Waals surface area contributed by atoms with Gasteiger partial charge in [0.25, 0.3) is 0 Å². The maximum absolute atomic E-state index is 14.2. The van der Waals surface area contributed by atoms with E-state index in [0.717, 1.165) is 19.3 Å². The third-order valence-electron chi connectivity index (χ3n) is 6.03. The molecule has 0 aliphatic heterocycles. The van der Waals surface area contributed by atoms with Crippen LogP contribution in [0.3, 0.4) is 0 Å². The average Bonchev–Trinajstić information content (AvgIpc) is 2.82. The summed E-state index contributed by atoms with van der Waals surface area (Å²) in [7, 11) is 0. The van der Waals surface area contributed by atoms with Crippen molar-refractivity contribution in [3.8, 4) is 0 Å². The Kier molecular flexibility index (Phi) is 13.9. The lowest BCUT2D eigenvalue weighted by Gasteiger charge is -2.39. The Labute approximate surface area is 228 Å². The number of hydrogen-bond acceptors (Lipinski definition) is 5. The van der Waals surface area contributed by atoms with Crippen molar-refractivity contribution in [3.05, 3.63) is 35.9 Å². The first-order chi connectivity index (χ1) is 17.8. The molecular formula is C29H48N4O5. The van der Waals surface area contributed by atoms with Gasteiger partial charge in [-0.05, 0) is 64.9 Å². The number of ether oxygens (including phenoxy) is 1. The van der Waals surface area contributed by atoms with Crippen LogP contribution < -0.4 is 16.4 Å². The van der Waals surface area contributed by atoms with Crippen molar-refractivity contribution >= 4 is 23.8 Å². The van der Waals surface area contributed by atoms with E-state index in [1.807, 2.05) is 44.2 Å². The molecule has 3 unspecified atom stereocenters. The lowest BCUT2D eigenvalue weighted by Crippen LogP contribution is -2.55. The molecule has 0 radical (unpaired) electrons. The van der Waals surface area contributed by atoms with E-state index in [1.54, 1.807) is 25.7 Å². The van der Waals surface area contributed by atoms with Crippen LogP contribution in [-0.2, 0) is 19.1 Å². The van der Waals surface area contributed by atoms with Crippen molar-refractivity contribution in [1.82, 2.24) is 15.5 Å². The lowest BCUT2D eigenvalue weighted by molar-refractivity contribution is -0.145. The minimum absolute atomic E-state index is 0.0141. The number of nitrogens with one attached hydrogen (secondary N) is 2. The van der Waals surface area contributed by atoms with Crippen LogP contribution in [0.15, 0.2) is 30.3 Å². The highest BCUT2D eigenvalue weighted by Gasteiger charge is 2.38. The third-order valence-corrected chi connectivity index (χ3v) is 6.03. The van der Waals surface area contributed by atoms with E-state index in [2.05, 4.69) is 24.5 Å². The molecule has 9 heteroatoms. The molecule has 0 fully saturated rings. The third kappa shape index (κ3) is 12.0. The summed E-state index contributed by atoms with van der Waals surface area (Å²) in [6, 6.07) is 6.79. The second kappa shape index (κ2) is 16.0. The molecule has 1 aromatic rings. The fourth-order valence-corrected chi connectivity index (χ4v) is 4.04. The Hall–Kier alpha value is -3.10. The molecule has 0 spiro atoms. The maximum Gasteiger partial charge on any atom is 0.408 e. The topological polar surface area (TPSA) is 131 Å². The summed E-state index contributed by atoms with van der Waals surface area (Å²) < 4.78 is 5.39. The Balaban J connectivity index is 3.52. The van der Waals surface area contributed by atoms with E-state index in [0.29, 0.717) is 24.4 Å². The van der Waals surface area contributed by atoms with E-state index >= 15 is 0 Å². The van der Waals surface area contributed by atoms with Crippen LogP contribution in [0.2, 0.25) is 0 Å². The number of nitrogens with zero attached hydrogens (tertiary/aromatic N) is 1. The van der Waals surface area contributed by atoms with Crippen molar-refractivity contribution in [2.75, 3.05) is 6.54 Å². The number of unbranched alkanes of at least 4 members (excludes halogenated alkanes) is 1. The quantitative estimate of drug-likeness (QED) is 0.287. The van der Waals surface area contributed by atoms with Crippen LogP contribution in [-0.4, -0.2) is 52.9 Å². The predicted molar refractivity (Wildman–Crippen MR) is 149 cm³/mol. The normalized spacial score (nSPS) is 13.8. The van der Waals surface area contributed by atoms with Gasteiger partial charge in [-0.3, -0.25) is 14.4 Å². The summed E-state index contributed by atoms with van der Waals surface area (Å²) >= 11 is 0. The molecular weight excluding hydrogens is 484 g/mol. The van der Waals surface area contributed by atoms with Crippen molar-refractivity contribution < 1.29 is 23.9 Å². The van der Waals surface area contributed by atoms with Crippen molar-refractivity contribution in [2.24, 2.45) is 11.7 Å². The Bertz CT molecular complexity index is 898. The van der Waals surface area contributed by atoms with Crippen molar-refractivity contribution in [1.29, 1.82) is 0 Å². The zero-order chi connectivity index (χ0) is 28.9. The van der Waals surface area contributed by atoms with Gasteiger partial charge in [0.2, 0.25) is 17.7 Å². The molecule has 0 bridgehead atoms. The smallest absolute Gasteiger partial charge is 0.408 e. The number of benzene rings is 1. The molecule has 0 heterocycles. The largest absolute Gasteiger partial charge is 0.444 e. The Morgan fingerprint density at radius 2 is 1.63 bits per heavy atom. The number of carbonyl (C=O) groups is 4. The van der Waals surface area contributed by atoms with Crippen molar-refractivity contribution in [3.63, 3.8) is 0 Å². The van der Waals surface area contributed by atoms with Crippen LogP contribution in [0, 0.1) is 5.92 Å². The van der Waals surface area contributed by atoms with Crippen LogP contribution in [0.4, 0.5) is 4.79 Å². The molecule has 9 nitrogen and oxygen atoms in total. The summed E-state index contributed by atoms with van der Waals surface area (Å²) in [5, 5.41) is 5.61. The van der Waals surface area contributed by atoms with Gasteiger partial charge in [-0.1, -0.05) is 57.5 Å². The highest BCUT2D eigenvalue weighted by atomic mass is 16.6. The first-order valence-corrected chi connectivity index (χ1v) is 13.7. The van der Waals surface area contributed by atoms with Crippen LogP contribution >= 0.6 is 0 Å². The zero-order valence-corrected chi connectivity index (χ0v) is 24.2. The minimum atomic E-state index is -1.10.